The third-order valence-corrected chi connectivity index (χ3v) is 0.894. The van der Waals surface area contributed by atoms with E-state index in [-0.39, 0.29) is 12.6 Å². The van der Waals surface area contributed by atoms with Crippen LogP contribution < -0.4 is 4.74 Å². The van der Waals surface area contributed by atoms with E-state index in [9.17, 15) is 4.79 Å². The topological polar surface area (TPSA) is 90.1 Å². The number of hydrogen-bond acceptors (Lipinski definition) is 5. The molecule has 1 heterocycles. The number of carbonyl (C=O) groups is 1. The first-order valence-corrected chi connectivity index (χ1v) is 2.76. The molecule has 0 atom stereocenters. The fourth-order valence-electron chi connectivity index (χ4n) is 0.498. The van der Waals surface area contributed by atoms with Crippen LogP contribution in [0.15, 0.2) is 0 Å². The van der Waals surface area contributed by atoms with Crippen LogP contribution in [0.25, 0.3) is 0 Å². The maximum atomic E-state index is 10.1. The molecule has 0 amide bonds. The summed E-state index contributed by atoms with van der Waals surface area (Å²) < 4.78 is 4.58. The van der Waals surface area contributed by atoms with Gasteiger partial charge in [0.25, 0.3) is 0 Å². The van der Waals surface area contributed by atoms with Crippen LogP contribution in [0.5, 0.6) is 6.01 Å². The van der Waals surface area contributed by atoms with Crippen LogP contribution >= 0.6 is 0 Å². The second-order valence-electron chi connectivity index (χ2n) is 1.70. The third kappa shape index (κ3) is 1.88. The number of carboxylic acid groups (broad SMARTS) is 1. The Kier molecular flexibility index (Phi) is 2.00. The van der Waals surface area contributed by atoms with E-state index in [1.54, 1.807) is 0 Å². The Morgan fingerprint density at radius 2 is 2.55 bits per heavy atom. The molecule has 0 aromatic carbocycles. The highest BCUT2D eigenvalue weighted by Crippen LogP contribution is 1.93. The summed E-state index contributed by atoms with van der Waals surface area (Å²) in [5.74, 6) is -1.02. The molecule has 1 N–H and O–H groups in total. The van der Waals surface area contributed by atoms with Crippen LogP contribution in [0.4, 0.5) is 0 Å². The Hall–Kier alpha value is -1.66. The summed E-state index contributed by atoms with van der Waals surface area (Å²) in [4.78, 5) is 11.0. The van der Waals surface area contributed by atoms with Gasteiger partial charge in [-0.1, -0.05) is 10.2 Å². The quantitative estimate of drug-likeness (QED) is 0.592. The molecule has 0 aliphatic carbocycles. The fraction of sp³-hybridized carbons (Fsp3) is 0.500. The molecule has 0 radical (unpaired) electrons. The van der Waals surface area contributed by atoms with Crippen LogP contribution in [0.1, 0.15) is 0 Å². The van der Waals surface area contributed by atoms with Crippen molar-refractivity contribution in [1.82, 2.24) is 20.2 Å². The Bertz CT molecular complexity index is 258. The van der Waals surface area contributed by atoms with E-state index in [0.717, 1.165) is 4.80 Å². The van der Waals surface area contributed by atoms with Crippen molar-refractivity contribution in [1.29, 1.82) is 0 Å². The van der Waals surface area contributed by atoms with Gasteiger partial charge in [-0.15, -0.1) is 4.80 Å². The van der Waals surface area contributed by atoms with Crippen molar-refractivity contribution in [2.45, 2.75) is 6.54 Å². The highest BCUT2D eigenvalue weighted by molar-refractivity contribution is 5.66. The summed E-state index contributed by atoms with van der Waals surface area (Å²) in [6, 6.07) is 0.0613. The number of tetrazole rings is 1. The van der Waals surface area contributed by atoms with Gasteiger partial charge in [-0.3, -0.25) is 4.79 Å². The van der Waals surface area contributed by atoms with Gasteiger partial charge in [-0.05, 0) is 5.21 Å². The van der Waals surface area contributed by atoms with Crippen molar-refractivity contribution < 1.29 is 14.6 Å². The van der Waals surface area contributed by atoms with E-state index in [1.165, 1.54) is 7.11 Å². The van der Waals surface area contributed by atoms with Crippen molar-refractivity contribution in [2.24, 2.45) is 0 Å². The van der Waals surface area contributed by atoms with E-state index in [0.29, 0.717) is 0 Å². The zero-order valence-corrected chi connectivity index (χ0v) is 5.76. The number of hydrogen-bond donors (Lipinski definition) is 1. The number of nitrogens with zero attached hydrogens (tertiary/aromatic N) is 4. The Morgan fingerprint density at radius 3 is 3.00 bits per heavy atom. The molecule has 0 bridgehead atoms. The normalized spacial score (nSPS) is 9.55. The average molecular weight is 158 g/mol. The van der Waals surface area contributed by atoms with Crippen LogP contribution in [0.2, 0.25) is 0 Å². The minimum absolute atomic E-state index is 0.0613. The first-order valence-electron chi connectivity index (χ1n) is 2.76. The molecule has 0 saturated carbocycles. The predicted molar refractivity (Wildman–Crippen MR) is 32.0 cm³/mol. The molecular weight excluding hydrogens is 152 g/mol. The zero-order chi connectivity index (χ0) is 8.27. The maximum Gasteiger partial charge on any atom is 0.355 e. The van der Waals surface area contributed by atoms with Crippen LogP contribution in [-0.2, 0) is 11.3 Å². The number of ether oxygens (including phenoxy) is 1. The van der Waals surface area contributed by atoms with Crippen molar-refractivity contribution >= 4 is 5.97 Å². The average Bonchev–Trinajstić information content (AvgIpc) is 2.34. The van der Waals surface area contributed by atoms with Gasteiger partial charge >= 0.3 is 12.0 Å². The molecule has 1 rings (SSSR count). The van der Waals surface area contributed by atoms with Gasteiger partial charge in [0, 0.05) is 0 Å². The second kappa shape index (κ2) is 2.95. The van der Waals surface area contributed by atoms with Crippen molar-refractivity contribution in [3.05, 3.63) is 0 Å². The first-order chi connectivity index (χ1) is 5.22. The monoisotopic (exact) mass is 158 g/mol. The Labute approximate surface area is 61.6 Å². The van der Waals surface area contributed by atoms with Crippen LogP contribution in [-0.4, -0.2) is 38.4 Å². The molecule has 0 unspecified atom stereocenters. The van der Waals surface area contributed by atoms with Gasteiger partial charge in [0.1, 0.15) is 0 Å². The van der Waals surface area contributed by atoms with E-state index >= 15 is 0 Å². The lowest BCUT2D eigenvalue weighted by Gasteiger charge is -1.89. The highest BCUT2D eigenvalue weighted by Gasteiger charge is 2.04. The molecular formula is C4H6N4O3. The molecule has 0 saturated heterocycles. The molecule has 0 aliphatic heterocycles. The van der Waals surface area contributed by atoms with Crippen molar-refractivity contribution in [3.63, 3.8) is 0 Å². The van der Waals surface area contributed by atoms with Gasteiger partial charge < -0.3 is 9.84 Å². The number of carboxylic acids is 1. The van der Waals surface area contributed by atoms with E-state index < -0.39 is 5.97 Å². The van der Waals surface area contributed by atoms with Gasteiger partial charge in [-0.2, -0.15) is 0 Å². The fourth-order valence-corrected chi connectivity index (χ4v) is 0.498. The van der Waals surface area contributed by atoms with E-state index in [2.05, 4.69) is 20.1 Å². The summed E-state index contributed by atoms with van der Waals surface area (Å²) in [5.41, 5.74) is 0. The zero-order valence-electron chi connectivity index (χ0n) is 5.76. The smallest absolute Gasteiger partial charge is 0.355 e. The number of aliphatic carboxylic acids is 1. The summed E-state index contributed by atoms with van der Waals surface area (Å²) in [6.07, 6.45) is 0. The van der Waals surface area contributed by atoms with Crippen molar-refractivity contribution in [3.8, 4) is 6.01 Å². The molecule has 0 aliphatic rings. The molecule has 1 aromatic rings. The summed E-state index contributed by atoms with van der Waals surface area (Å²) in [5, 5.41) is 18.6. The standard InChI is InChI=1S/C4H6N4O3/c1-11-4-5-7-8(6-4)2-3(9)10/h2H2,1H3,(H,9,10). The molecule has 0 spiro atoms. The number of rotatable bonds is 3. The summed E-state index contributed by atoms with van der Waals surface area (Å²) in [7, 11) is 1.38. The Morgan fingerprint density at radius 1 is 1.82 bits per heavy atom. The molecule has 1 aromatic heterocycles. The lowest BCUT2D eigenvalue weighted by molar-refractivity contribution is -0.138. The third-order valence-electron chi connectivity index (χ3n) is 0.894. The molecule has 7 heteroatoms. The lowest BCUT2D eigenvalue weighted by Crippen LogP contribution is -2.11. The first kappa shape index (κ1) is 7.45. The second-order valence-corrected chi connectivity index (χ2v) is 1.70. The highest BCUT2D eigenvalue weighted by atomic mass is 16.5. The number of aromatic nitrogens is 4. The Balaban J connectivity index is 2.65. The van der Waals surface area contributed by atoms with E-state index in [1.807, 2.05) is 0 Å². The molecule has 60 valence electrons. The SMILES string of the molecule is COc1nnn(CC(=O)O)n1. The summed E-state index contributed by atoms with van der Waals surface area (Å²) in [6.45, 7) is -0.309. The van der Waals surface area contributed by atoms with E-state index in [4.69, 9.17) is 5.11 Å². The maximum absolute atomic E-state index is 10.1. The van der Waals surface area contributed by atoms with Gasteiger partial charge in [-0.25, -0.2) is 0 Å². The molecule has 7 nitrogen and oxygen atoms in total. The van der Waals surface area contributed by atoms with Gasteiger partial charge in [0.05, 0.1) is 7.11 Å². The van der Waals surface area contributed by atoms with Gasteiger partial charge in [0.15, 0.2) is 6.54 Å². The lowest BCUT2D eigenvalue weighted by atomic mass is 10.7. The minimum Gasteiger partial charge on any atom is -0.480 e. The van der Waals surface area contributed by atoms with Crippen molar-refractivity contribution in [2.75, 3.05) is 7.11 Å². The largest absolute Gasteiger partial charge is 0.480 e. The van der Waals surface area contributed by atoms with Gasteiger partial charge in [0.2, 0.25) is 0 Å². The number of methoxy groups -OCH3 is 1. The molecule has 11 heavy (non-hydrogen) atoms. The molecule has 0 fully saturated rings. The van der Waals surface area contributed by atoms with Crippen LogP contribution in [0, 0.1) is 0 Å². The summed E-state index contributed by atoms with van der Waals surface area (Å²) >= 11 is 0. The predicted octanol–water partition coefficient (Wildman–Crippen LogP) is -1.23. The van der Waals surface area contributed by atoms with Crippen LogP contribution in [0.3, 0.4) is 0 Å². The minimum atomic E-state index is -1.02.